The molecular formula is C13H25NO3. The van der Waals surface area contributed by atoms with Gasteiger partial charge in [0.25, 0.3) is 0 Å². The van der Waals surface area contributed by atoms with Crippen LogP contribution in [0.25, 0.3) is 0 Å². The number of rotatable bonds is 6. The minimum Gasteiger partial charge on any atom is -0.480 e. The van der Waals surface area contributed by atoms with Gasteiger partial charge in [0.1, 0.15) is 5.54 Å². The predicted octanol–water partition coefficient (Wildman–Crippen LogP) is 2.03. The van der Waals surface area contributed by atoms with Crippen LogP contribution in [-0.2, 0) is 9.53 Å². The second-order valence-electron chi connectivity index (χ2n) is 5.36. The minimum atomic E-state index is -0.769. The third-order valence-electron chi connectivity index (χ3n) is 3.30. The molecule has 0 spiro atoms. The summed E-state index contributed by atoms with van der Waals surface area (Å²) in [5, 5.41) is 12.5. The lowest BCUT2D eigenvalue weighted by atomic mass is 9.80. The Morgan fingerprint density at radius 3 is 2.82 bits per heavy atom. The van der Waals surface area contributed by atoms with Gasteiger partial charge in [0.15, 0.2) is 0 Å². The van der Waals surface area contributed by atoms with E-state index in [0.717, 1.165) is 12.8 Å². The van der Waals surface area contributed by atoms with E-state index in [4.69, 9.17) is 4.74 Å². The maximum absolute atomic E-state index is 11.4. The standard InChI is InChI=1S/C13H25NO3/c1-4-14-13(12(15)16)7-5-6-11(8-13)17-9-10(2)3/h10-11,14H,4-9H2,1-3H3,(H,15,16). The first-order chi connectivity index (χ1) is 8.00. The number of hydrogen-bond donors (Lipinski definition) is 2. The van der Waals surface area contributed by atoms with Gasteiger partial charge in [-0.15, -0.1) is 0 Å². The van der Waals surface area contributed by atoms with E-state index in [2.05, 4.69) is 19.2 Å². The highest BCUT2D eigenvalue weighted by atomic mass is 16.5. The number of ether oxygens (including phenoxy) is 1. The van der Waals surface area contributed by atoms with Crippen molar-refractivity contribution in [2.75, 3.05) is 13.2 Å². The first-order valence-electron chi connectivity index (χ1n) is 6.60. The number of carbonyl (C=O) groups is 1. The molecule has 0 aromatic carbocycles. The summed E-state index contributed by atoms with van der Waals surface area (Å²) in [6.07, 6.45) is 3.27. The highest BCUT2D eigenvalue weighted by Crippen LogP contribution is 2.30. The average Bonchev–Trinajstić information content (AvgIpc) is 2.27. The van der Waals surface area contributed by atoms with Crippen LogP contribution in [0.4, 0.5) is 0 Å². The molecule has 0 amide bonds. The van der Waals surface area contributed by atoms with Crippen LogP contribution >= 0.6 is 0 Å². The van der Waals surface area contributed by atoms with E-state index < -0.39 is 11.5 Å². The van der Waals surface area contributed by atoms with Crippen molar-refractivity contribution in [3.63, 3.8) is 0 Å². The van der Waals surface area contributed by atoms with Crippen molar-refractivity contribution in [2.45, 2.75) is 58.1 Å². The zero-order chi connectivity index (χ0) is 12.9. The average molecular weight is 243 g/mol. The Bertz CT molecular complexity index is 251. The van der Waals surface area contributed by atoms with Crippen LogP contribution in [0.15, 0.2) is 0 Å². The van der Waals surface area contributed by atoms with Gasteiger partial charge in [0.2, 0.25) is 0 Å². The van der Waals surface area contributed by atoms with Gasteiger partial charge in [-0.3, -0.25) is 4.79 Å². The molecule has 0 aromatic heterocycles. The molecule has 17 heavy (non-hydrogen) atoms. The molecule has 4 heteroatoms. The van der Waals surface area contributed by atoms with Crippen molar-refractivity contribution in [2.24, 2.45) is 5.92 Å². The fourth-order valence-corrected chi connectivity index (χ4v) is 2.46. The van der Waals surface area contributed by atoms with Gasteiger partial charge in [0.05, 0.1) is 6.10 Å². The smallest absolute Gasteiger partial charge is 0.323 e. The highest BCUT2D eigenvalue weighted by molar-refractivity contribution is 5.79. The molecule has 0 radical (unpaired) electrons. The Hall–Kier alpha value is -0.610. The van der Waals surface area contributed by atoms with E-state index in [1.54, 1.807) is 0 Å². The predicted molar refractivity (Wildman–Crippen MR) is 67.1 cm³/mol. The largest absolute Gasteiger partial charge is 0.480 e. The second kappa shape index (κ2) is 6.36. The van der Waals surface area contributed by atoms with Crippen LogP contribution in [0.3, 0.4) is 0 Å². The fraction of sp³-hybridized carbons (Fsp3) is 0.923. The van der Waals surface area contributed by atoms with Gasteiger partial charge in [-0.2, -0.15) is 0 Å². The lowest BCUT2D eigenvalue weighted by Gasteiger charge is -2.38. The molecule has 0 heterocycles. The summed E-state index contributed by atoms with van der Waals surface area (Å²) in [5.41, 5.74) is -0.769. The maximum atomic E-state index is 11.4. The van der Waals surface area contributed by atoms with Gasteiger partial charge in [-0.05, 0) is 31.7 Å². The monoisotopic (exact) mass is 243 g/mol. The number of likely N-dealkylation sites (N-methyl/N-ethyl adjacent to an activating group) is 1. The summed E-state index contributed by atoms with van der Waals surface area (Å²) in [4.78, 5) is 11.4. The maximum Gasteiger partial charge on any atom is 0.323 e. The molecule has 4 nitrogen and oxygen atoms in total. The van der Waals surface area contributed by atoms with E-state index >= 15 is 0 Å². The van der Waals surface area contributed by atoms with Crippen LogP contribution in [-0.4, -0.2) is 35.9 Å². The van der Waals surface area contributed by atoms with Gasteiger partial charge in [-0.25, -0.2) is 0 Å². The quantitative estimate of drug-likeness (QED) is 0.749. The van der Waals surface area contributed by atoms with Crippen LogP contribution in [0.1, 0.15) is 46.5 Å². The Morgan fingerprint density at radius 1 is 1.59 bits per heavy atom. The Kier molecular flexibility index (Phi) is 5.40. The SMILES string of the molecule is CCNC1(C(=O)O)CCCC(OCC(C)C)C1. The first-order valence-corrected chi connectivity index (χ1v) is 6.60. The molecule has 0 aromatic rings. The van der Waals surface area contributed by atoms with E-state index in [1.807, 2.05) is 6.92 Å². The molecule has 2 N–H and O–H groups in total. The molecule has 2 atom stereocenters. The zero-order valence-corrected chi connectivity index (χ0v) is 11.2. The van der Waals surface area contributed by atoms with Crippen molar-refractivity contribution < 1.29 is 14.6 Å². The molecule has 0 bridgehead atoms. The van der Waals surface area contributed by atoms with Gasteiger partial charge >= 0.3 is 5.97 Å². The highest BCUT2D eigenvalue weighted by Gasteiger charge is 2.42. The van der Waals surface area contributed by atoms with E-state index in [0.29, 0.717) is 31.9 Å². The summed E-state index contributed by atoms with van der Waals surface area (Å²) >= 11 is 0. The van der Waals surface area contributed by atoms with Crippen molar-refractivity contribution >= 4 is 5.97 Å². The first kappa shape index (κ1) is 14.5. The zero-order valence-electron chi connectivity index (χ0n) is 11.2. The van der Waals surface area contributed by atoms with E-state index in [9.17, 15) is 9.90 Å². The molecule has 2 unspecified atom stereocenters. The van der Waals surface area contributed by atoms with Crippen molar-refractivity contribution in [3.8, 4) is 0 Å². The van der Waals surface area contributed by atoms with Crippen LogP contribution in [0.2, 0.25) is 0 Å². The summed E-state index contributed by atoms with van der Waals surface area (Å²) in [6.45, 7) is 7.56. The van der Waals surface area contributed by atoms with E-state index in [1.165, 1.54) is 0 Å². The van der Waals surface area contributed by atoms with Crippen LogP contribution < -0.4 is 5.32 Å². The normalized spacial score (nSPS) is 29.5. The fourth-order valence-electron chi connectivity index (χ4n) is 2.46. The molecule has 1 aliphatic rings. The number of aliphatic carboxylic acids is 1. The van der Waals surface area contributed by atoms with Crippen LogP contribution in [0, 0.1) is 5.92 Å². The number of hydrogen-bond acceptors (Lipinski definition) is 3. The molecule has 100 valence electrons. The molecular weight excluding hydrogens is 218 g/mol. The van der Waals surface area contributed by atoms with Crippen LogP contribution in [0.5, 0.6) is 0 Å². The number of carboxylic acid groups (broad SMARTS) is 1. The topological polar surface area (TPSA) is 58.6 Å². The van der Waals surface area contributed by atoms with Crippen molar-refractivity contribution in [1.82, 2.24) is 5.32 Å². The van der Waals surface area contributed by atoms with Gasteiger partial charge in [-0.1, -0.05) is 20.8 Å². The Morgan fingerprint density at radius 2 is 2.29 bits per heavy atom. The van der Waals surface area contributed by atoms with Crippen molar-refractivity contribution in [1.29, 1.82) is 0 Å². The molecule has 1 rings (SSSR count). The molecule has 0 aliphatic heterocycles. The van der Waals surface area contributed by atoms with Crippen molar-refractivity contribution in [3.05, 3.63) is 0 Å². The summed E-state index contributed by atoms with van der Waals surface area (Å²) in [6, 6.07) is 0. The summed E-state index contributed by atoms with van der Waals surface area (Å²) < 4.78 is 5.79. The molecule has 1 fully saturated rings. The summed E-state index contributed by atoms with van der Waals surface area (Å²) in [5.74, 6) is -0.243. The second-order valence-corrected chi connectivity index (χ2v) is 5.36. The Balaban J connectivity index is 2.58. The molecule has 1 aliphatic carbocycles. The lowest BCUT2D eigenvalue weighted by molar-refractivity contribution is -0.149. The minimum absolute atomic E-state index is 0.0845. The molecule has 1 saturated carbocycles. The molecule has 0 saturated heterocycles. The Labute approximate surface area is 104 Å². The lowest BCUT2D eigenvalue weighted by Crippen LogP contribution is -2.56. The third kappa shape index (κ3) is 3.96. The van der Waals surface area contributed by atoms with E-state index in [-0.39, 0.29) is 6.10 Å². The third-order valence-corrected chi connectivity index (χ3v) is 3.30. The van der Waals surface area contributed by atoms with Gasteiger partial charge in [0, 0.05) is 13.0 Å². The number of nitrogens with one attached hydrogen (secondary N) is 1. The summed E-state index contributed by atoms with van der Waals surface area (Å²) in [7, 11) is 0. The van der Waals surface area contributed by atoms with Gasteiger partial charge < -0.3 is 15.2 Å². The number of carboxylic acids is 1.